The number of benzene rings is 1. The zero-order chi connectivity index (χ0) is 27.2. The molecule has 0 saturated carbocycles. The molecule has 4 nitrogen and oxygen atoms in total. The van der Waals surface area contributed by atoms with E-state index in [1.165, 1.54) is 13.0 Å². The number of carbonyl (C=O) groups excluding carboxylic acids is 2. The molecule has 8 heteroatoms. The van der Waals surface area contributed by atoms with Gasteiger partial charge in [0.25, 0.3) is 5.91 Å². The lowest BCUT2D eigenvalue weighted by Crippen LogP contribution is -2.54. The highest BCUT2D eigenvalue weighted by Crippen LogP contribution is 2.34. The van der Waals surface area contributed by atoms with Crippen LogP contribution in [-0.4, -0.2) is 42.0 Å². The van der Waals surface area contributed by atoms with Crippen LogP contribution in [0.3, 0.4) is 0 Å². The van der Waals surface area contributed by atoms with Crippen LogP contribution in [0.1, 0.15) is 60.5 Å². The van der Waals surface area contributed by atoms with E-state index in [1.807, 2.05) is 43.0 Å². The van der Waals surface area contributed by atoms with Gasteiger partial charge in [-0.05, 0) is 68.7 Å². The van der Waals surface area contributed by atoms with Gasteiger partial charge in [0.15, 0.2) is 0 Å². The first-order valence-electron chi connectivity index (χ1n) is 12.7. The Labute approximate surface area is 221 Å². The third-order valence-electron chi connectivity index (χ3n) is 6.93. The summed E-state index contributed by atoms with van der Waals surface area (Å²) in [6.45, 7) is 5.69. The fourth-order valence-electron chi connectivity index (χ4n) is 5.02. The predicted molar refractivity (Wildman–Crippen MR) is 141 cm³/mol. The quantitative estimate of drug-likeness (QED) is 0.385. The van der Waals surface area contributed by atoms with Crippen molar-refractivity contribution in [1.29, 1.82) is 0 Å². The molecule has 1 fully saturated rings. The van der Waals surface area contributed by atoms with Crippen LogP contribution in [0, 0.1) is 19.8 Å². The van der Waals surface area contributed by atoms with Crippen molar-refractivity contribution in [2.75, 3.05) is 13.1 Å². The van der Waals surface area contributed by atoms with Crippen LogP contribution in [0.2, 0.25) is 0 Å². The number of alkyl halides is 3. The van der Waals surface area contributed by atoms with Gasteiger partial charge in [-0.25, -0.2) is 0 Å². The summed E-state index contributed by atoms with van der Waals surface area (Å²) in [4.78, 5) is 29.0. The molecule has 37 heavy (non-hydrogen) atoms. The lowest BCUT2D eigenvalue weighted by atomic mass is 9.81. The summed E-state index contributed by atoms with van der Waals surface area (Å²) in [5.74, 6) is -0.872. The average Bonchev–Trinajstić information content (AvgIpc) is 2.86. The molecule has 1 N–H and O–H groups in total. The van der Waals surface area contributed by atoms with E-state index < -0.39 is 23.7 Å². The van der Waals surface area contributed by atoms with E-state index >= 15 is 0 Å². The summed E-state index contributed by atoms with van der Waals surface area (Å²) in [7, 11) is 0. The first kappa shape index (κ1) is 28.8. The molecule has 200 valence electrons. The number of allylic oxidation sites excluding steroid dienone is 5. The molecule has 1 aliphatic carbocycles. The average molecular weight is 535 g/mol. The SMILES string of the molecule is CC/C(=C\C=C(\Cl)CNC(=O)[C@H]1CCCN(C(=O)c2c(C)cccc2C)C1C1=CCCC=C1)C(F)(F)F. The van der Waals surface area contributed by atoms with Gasteiger partial charge in [-0.2, -0.15) is 13.2 Å². The van der Waals surface area contributed by atoms with Gasteiger partial charge >= 0.3 is 6.18 Å². The van der Waals surface area contributed by atoms with E-state index in [2.05, 4.69) is 17.5 Å². The van der Waals surface area contributed by atoms with Crippen LogP contribution >= 0.6 is 11.6 Å². The number of amides is 2. The summed E-state index contributed by atoms with van der Waals surface area (Å²) in [5.41, 5.74) is 2.68. The molecule has 0 bridgehead atoms. The van der Waals surface area contributed by atoms with Gasteiger partial charge in [0.05, 0.1) is 18.5 Å². The molecule has 1 aromatic carbocycles. The molecule has 2 amide bonds. The van der Waals surface area contributed by atoms with Crippen molar-refractivity contribution in [1.82, 2.24) is 10.2 Å². The number of carbonyl (C=O) groups is 2. The first-order chi connectivity index (χ1) is 17.5. The normalized spacial score (nSPS) is 21.1. The van der Waals surface area contributed by atoms with Gasteiger partial charge in [0.1, 0.15) is 0 Å². The molecule has 3 rings (SSSR count). The van der Waals surface area contributed by atoms with Gasteiger partial charge in [-0.3, -0.25) is 9.59 Å². The molecule has 1 saturated heterocycles. The number of hydrogen-bond acceptors (Lipinski definition) is 2. The number of nitrogens with zero attached hydrogens (tertiary/aromatic N) is 1. The second-order valence-corrected chi connectivity index (χ2v) is 10.0. The Bertz CT molecular complexity index is 1110. The largest absolute Gasteiger partial charge is 0.412 e. The molecule has 0 spiro atoms. The van der Waals surface area contributed by atoms with E-state index in [0.29, 0.717) is 24.9 Å². The molecule has 2 aliphatic rings. The first-order valence-corrected chi connectivity index (χ1v) is 13.1. The number of nitrogens with one attached hydrogen (secondary N) is 1. The number of aryl methyl sites for hydroxylation is 2. The molecule has 0 radical (unpaired) electrons. The number of piperidine rings is 1. The number of hydrogen-bond donors (Lipinski definition) is 1. The minimum atomic E-state index is -4.42. The van der Waals surface area contributed by atoms with E-state index in [1.54, 1.807) is 0 Å². The van der Waals surface area contributed by atoms with Crippen LogP contribution in [0.5, 0.6) is 0 Å². The van der Waals surface area contributed by atoms with Crippen LogP contribution in [0.15, 0.2) is 64.8 Å². The Morgan fingerprint density at radius 1 is 1.16 bits per heavy atom. The molecular weight excluding hydrogens is 501 g/mol. The third kappa shape index (κ3) is 7.16. The monoisotopic (exact) mass is 534 g/mol. The van der Waals surface area contributed by atoms with E-state index in [4.69, 9.17) is 11.6 Å². The Kier molecular flexibility index (Phi) is 9.82. The Hall–Kier alpha value is -2.80. The molecule has 2 atom stereocenters. The van der Waals surface area contributed by atoms with Gasteiger partial charge in [0.2, 0.25) is 5.91 Å². The highest BCUT2D eigenvalue weighted by atomic mass is 35.5. The van der Waals surface area contributed by atoms with E-state index in [-0.39, 0.29) is 29.8 Å². The van der Waals surface area contributed by atoms with Crippen molar-refractivity contribution in [3.05, 3.63) is 81.4 Å². The topological polar surface area (TPSA) is 49.4 Å². The van der Waals surface area contributed by atoms with Crippen LogP contribution in [-0.2, 0) is 4.79 Å². The van der Waals surface area contributed by atoms with Crippen molar-refractivity contribution in [3.63, 3.8) is 0 Å². The fraction of sp³-hybridized carbons (Fsp3) is 0.448. The predicted octanol–water partition coefficient (Wildman–Crippen LogP) is 6.94. The minimum absolute atomic E-state index is 0.0886. The maximum atomic E-state index is 13.8. The van der Waals surface area contributed by atoms with Crippen molar-refractivity contribution >= 4 is 23.4 Å². The highest BCUT2D eigenvalue weighted by molar-refractivity contribution is 6.30. The minimum Gasteiger partial charge on any atom is -0.351 e. The number of halogens is 4. The molecule has 1 heterocycles. The van der Waals surface area contributed by atoms with Crippen LogP contribution in [0.4, 0.5) is 13.2 Å². The summed E-state index contributed by atoms with van der Waals surface area (Å²) in [6.07, 6.45) is 6.66. The maximum absolute atomic E-state index is 13.8. The zero-order valence-electron chi connectivity index (χ0n) is 21.5. The summed E-state index contributed by atoms with van der Waals surface area (Å²) in [6, 6.07) is 5.31. The maximum Gasteiger partial charge on any atom is 0.412 e. The molecular formula is C29H34ClF3N2O2. The van der Waals surface area contributed by atoms with Gasteiger partial charge < -0.3 is 10.2 Å². The standard InChI is InChI=1S/C29H34ClF3N2O2/c1-4-22(29(31,32)33)15-16-23(30)18-34-27(36)24-14-9-17-35(26(24)21-12-6-5-7-13-21)28(37)25-19(2)10-8-11-20(25)3/h6,8,10-13,15-16,24,26H,4-5,7,9,14,17-18H2,1-3H3,(H,34,36)/b22-15+,23-16+/t24-,26?/m0/s1. The summed E-state index contributed by atoms with van der Waals surface area (Å²) >= 11 is 6.14. The lowest BCUT2D eigenvalue weighted by molar-refractivity contribution is -0.127. The summed E-state index contributed by atoms with van der Waals surface area (Å²) < 4.78 is 38.9. The molecule has 1 unspecified atom stereocenters. The van der Waals surface area contributed by atoms with Gasteiger partial charge in [-0.15, -0.1) is 0 Å². The Balaban J connectivity index is 1.84. The van der Waals surface area contributed by atoms with Crippen molar-refractivity contribution in [2.24, 2.45) is 5.92 Å². The lowest BCUT2D eigenvalue weighted by Gasteiger charge is -2.42. The van der Waals surface area contributed by atoms with Crippen LogP contribution in [0.25, 0.3) is 0 Å². The van der Waals surface area contributed by atoms with Crippen LogP contribution < -0.4 is 5.32 Å². The van der Waals surface area contributed by atoms with Crippen molar-refractivity contribution in [3.8, 4) is 0 Å². The molecule has 1 aromatic rings. The number of likely N-dealkylation sites (tertiary alicyclic amines) is 1. The molecule has 1 aliphatic heterocycles. The van der Waals surface area contributed by atoms with Crippen molar-refractivity contribution in [2.45, 2.75) is 65.1 Å². The highest BCUT2D eigenvalue weighted by Gasteiger charge is 2.40. The Morgan fingerprint density at radius 3 is 2.46 bits per heavy atom. The second-order valence-electron chi connectivity index (χ2n) is 9.52. The summed E-state index contributed by atoms with van der Waals surface area (Å²) in [5, 5.41) is 2.88. The Morgan fingerprint density at radius 2 is 1.86 bits per heavy atom. The second kappa shape index (κ2) is 12.6. The number of rotatable bonds is 7. The zero-order valence-corrected chi connectivity index (χ0v) is 22.3. The van der Waals surface area contributed by atoms with Gasteiger partial charge in [0, 0.05) is 22.7 Å². The van der Waals surface area contributed by atoms with E-state index in [9.17, 15) is 22.8 Å². The smallest absolute Gasteiger partial charge is 0.351 e. The van der Waals surface area contributed by atoms with Gasteiger partial charge in [-0.1, -0.05) is 61.0 Å². The third-order valence-corrected chi connectivity index (χ3v) is 7.19. The fourth-order valence-corrected chi connectivity index (χ4v) is 5.15. The van der Waals surface area contributed by atoms with E-state index in [0.717, 1.165) is 35.6 Å². The molecule has 0 aromatic heterocycles. The van der Waals surface area contributed by atoms with Crippen molar-refractivity contribution < 1.29 is 22.8 Å².